The molecule has 7 nitrogen and oxygen atoms in total. The van der Waals surface area contributed by atoms with E-state index in [2.05, 4.69) is 10.1 Å². The summed E-state index contributed by atoms with van der Waals surface area (Å²) in [7, 11) is 3.24. The summed E-state index contributed by atoms with van der Waals surface area (Å²) < 4.78 is 16.1. The van der Waals surface area contributed by atoms with E-state index in [1.807, 2.05) is 23.6 Å². The Balaban J connectivity index is 1.51. The fourth-order valence-electron chi connectivity index (χ4n) is 3.40. The smallest absolute Gasteiger partial charge is 0.232 e. The highest BCUT2D eigenvalue weighted by atomic mass is 32.1. The molecule has 0 unspecified atom stereocenters. The van der Waals surface area contributed by atoms with E-state index < -0.39 is 5.54 Å². The molecule has 0 bridgehead atoms. The van der Waals surface area contributed by atoms with E-state index in [4.69, 9.17) is 24.7 Å². The van der Waals surface area contributed by atoms with Crippen molar-refractivity contribution in [1.82, 2.24) is 15.1 Å². The molecule has 1 saturated carbocycles. The van der Waals surface area contributed by atoms with Crippen molar-refractivity contribution in [2.75, 3.05) is 14.2 Å². The van der Waals surface area contributed by atoms with Gasteiger partial charge in [0.25, 0.3) is 0 Å². The summed E-state index contributed by atoms with van der Waals surface area (Å²) in [5, 5.41) is 7.01. The van der Waals surface area contributed by atoms with Crippen LogP contribution in [0.15, 0.2) is 28.1 Å². The van der Waals surface area contributed by atoms with Crippen molar-refractivity contribution < 1.29 is 14.0 Å². The maximum absolute atomic E-state index is 6.40. The van der Waals surface area contributed by atoms with Gasteiger partial charge in [-0.05, 0) is 31.0 Å². The Hall–Kier alpha value is -2.45. The minimum Gasteiger partial charge on any atom is -0.493 e. The number of hydrogen-bond acceptors (Lipinski definition) is 8. The van der Waals surface area contributed by atoms with Crippen LogP contribution in [-0.2, 0) is 12.0 Å². The van der Waals surface area contributed by atoms with E-state index in [1.165, 1.54) is 0 Å². The van der Waals surface area contributed by atoms with Crippen molar-refractivity contribution in [3.05, 3.63) is 41.0 Å². The second-order valence-electron chi connectivity index (χ2n) is 6.77. The Labute approximate surface area is 161 Å². The zero-order valence-corrected chi connectivity index (χ0v) is 16.2. The van der Waals surface area contributed by atoms with Crippen LogP contribution < -0.4 is 15.2 Å². The maximum Gasteiger partial charge on any atom is 0.232 e. The van der Waals surface area contributed by atoms with Crippen molar-refractivity contribution in [3.63, 3.8) is 0 Å². The summed E-state index contributed by atoms with van der Waals surface area (Å²) in [5.41, 5.74) is 7.82. The molecule has 0 spiro atoms. The lowest BCUT2D eigenvalue weighted by molar-refractivity contribution is 0.352. The lowest BCUT2D eigenvalue weighted by Crippen LogP contribution is -2.34. The minimum absolute atomic E-state index is 0.436. The number of nitrogens with two attached hydrogens (primary N) is 1. The molecular weight excluding hydrogens is 364 g/mol. The molecule has 0 aliphatic heterocycles. The number of thiazole rings is 1. The van der Waals surface area contributed by atoms with Crippen molar-refractivity contribution in [2.24, 2.45) is 5.73 Å². The van der Waals surface area contributed by atoms with Gasteiger partial charge in [-0.25, -0.2) is 4.98 Å². The van der Waals surface area contributed by atoms with Crippen molar-refractivity contribution >= 4 is 11.3 Å². The highest BCUT2D eigenvalue weighted by Gasteiger charge is 2.36. The van der Waals surface area contributed by atoms with Gasteiger partial charge in [-0.3, -0.25) is 0 Å². The molecule has 8 heteroatoms. The van der Waals surface area contributed by atoms with Gasteiger partial charge in [0.05, 0.1) is 31.9 Å². The zero-order chi connectivity index (χ0) is 18.9. The largest absolute Gasteiger partial charge is 0.493 e. The third-order valence-corrected chi connectivity index (χ3v) is 5.86. The van der Waals surface area contributed by atoms with Crippen LogP contribution >= 0.6 is 11.3 Å². The van der Waals surface area contributed by atoms with Gasteiger partial charge in [-0.1, -0.05) is 18.0 Å². The summed E-state index contributed by atoms with van der Waals surface area (Å²) >= 11 is 1.56. The number of nitrogens with zero attached hydrogens (tertiary/aromatic N) is 3. The van der Waals surface area contributed by atoms with Crippen LogP contribution in [0.25, 0.3) is 10.6 Å². The molecule has 27 heavy (non-hydrogen) atoms. The summed E-state index contributed by atoms with van der Waals surface area (Å²) in [4.78, 5) is 9.21. The molecule has 1 fully saturated rings. The quantitative estimate of drug-likeness (QED) is 0.692. The molecule has 1 aliphatic rings. The highest BCUT2D eigenvalue weighted by molar-refractivity contribution is 7.13. The maximum atomic E-state index is 6.40. The molecule has 2 heterocycles. The first-order valence-corrected chi connectivity index (χ1v) is 9.78. The first kappa shape index (κ1) is 17.9. The van der Waals surface area contributed by atoms with Gasteiger partial charge in [-0.15, -0.1) is 11.3 Å². The molecule has 142 valence electrons. The molecule has 4 rings (SSSR count). The first-order chi connectivity index (χ1) is 13.1. The number of ether oxygens (including phenoxy) is 2. The Bertz CT molecular complexity index is 931. The van der Waals surface area contributed by atoms with E-state index in [0.717, 1.165) is 41.9 Å². The molecule has 0 atom stereocenters. The number of methoxy groups -OCH3 is 2. The highest BCUT2D eigenvalue weighted by Crippen LogP contribution is 2.35. The molecule has 1 aromatic carbocycles. The Morgan fingerprint density at radius 2 is 1.93 bits per heavy atom. The summed E-state index contributed by atoms with van der Waals surface area (Å²) in [6.45, 7) is 0. The molecule has 0 saturated heterocycles. The van der Waals surface area contributed by atoms with Crippen molar-refractivity contribution in [2.45, 2.75) is 37.6 Å². The molecule has 2 aromatic heterocycles. The van der Waals surface area contributed by atoms with Crippen LogP contribution in [0.5, 0.6) is 11.5 Å². The van der Waals surface area contributed by atoms with E-state index in [0.29, 0.717) is 29.6 Å². The van der Waals surface area contributed by atoms with E-state index >= 15 is 0 Å². The first-order valence-electron chi connectivity index (χ1n) is 8.90. The molecule has 2 N–H and O–H groups in total. The van der Waals surface area contributed by atoms with Crippen LogP contribution in [0.1, 0.15) is 43.1 Å². The summed E-state index contributed by atoms with van der Waals surface area (Å²) in [6, 6.07) is 5.76. The van der Waals surface area contributed by atoms with Gasteiger partial charge in [0.2, 0.25) is 5.89 Å². The molecule has 0 radical (unpaired) electrons. The van der Waals surface area contributed by atoms with Gasteiger partial charge >= 0.3 is 0 Å². The monoisotopic (exact) mass is 386 g/mol. The van der Waals surface area contributed by atoms with Crippen molar-refractivity contribution in [1.29, 1.82) is 0 Å². The Morgan fingerprint density at radius 1 is 1.15 bits per heavy atom. The normalized spacial score (nSPS) is 15.8. The van der Waals surface area contributed by atoms with Crippen molar-refractivity contribution in [3.8, 4) is 22.1 Å². The second kappa shape index (κ2) is 7.28. The SMILES string of the molecule is COc1ccc(-c2nc(Cc3nc(C4(N)CCCC4)no3)cs2)cc1OC. The zero-order valence-electron chi connectivity index (χ0n) is 15.4. The van der Waals surface area contributed by atoms with E-state index in [9.17, 15) is 0 Å². The average molecular weight is 386 g/mol. The second-order valence-corrected chi connectivity index (χ2v) is 7.62. The fraction of sp³-hybridized carbons (Fsp3) is 0.421. The van der Waals surface area contributed by atoms with Crippen LogP contribution in [0.3, 0.4) is 0 Å². The Morgan fingerprint density at radius 3 is 2.67 bits per heavy atom. The number of aromatic nitrogens is 3. The van der Waals surface area contributed by atoms with Crippen LogP contribution in [0.2, 0.25) is 0 Å². The van der Waals surface area contributed by atoms with E-state index in [1.54, 1.807) is 25.6 Å². The van der Waals surface area contributed by atoms with Gasteiger partial charge in [-0.2, -0.15) is 4.98 Å². The lowest BCUT2D eigenvalue weighted by Gasteiger charge is -2.17. The molecular formula is C19H22N4O3S. The standard InChI is InChI=1S/C19H22N4O3S/c1-24-14-6-5-12(9-15(14)25-2)17-21-13(11-27-17)10-16-22-18(23-26-16)19(20)7-3-4-8-19/h5-6,9,11H,3-4,7-8,10,20H2,1-2H3. The Kier molecular flexibility index (Phi) is 4.84. The van der Waals surface area contributed by atoms with Crippen LogP contribution in [0.4, 0.5) is 0 Å². The fourth-order valence-corrected chi connectivity index (χ4v) is 4.22. The molecule has 1 aliphatic carbocycles. The van der Waals surface area contributed by atoms with Crippen LogP contribution in [0, 0.1) is 0 Å². The lowest BCUT2D eigenvalue weighted by atomic mass is 9.99. The molecule has 0 amide bonds. The molecule has 3 aromatic rings. The van der Waals surface area contributed by atoms with Gasteiger partial charge in [0.15, 0.2) is 17.3 Å². The van der Waals surface area contributed by atoms with E-state index in [-0.39, 0.29) is 0 Å². The van der Waals surface area contributed by atoms with Gasteiger partial charge in [0, 0.05) is 10.9 Å². The number of hydrogen-bond donors (Lipinski definition) is 1. The number of rotatable bonds is 6. The van der Waals surface area contributed by atoms with Gasteiger partial charge < -0.3 is 19.7 Å². The topological polar surface area (TPSA) is 96.3 Å². The average Bonchev–Trinajstić information content (AvgIpc) is 3.43. The van der Waals surface area contributed by atoms with Crippen LogP contribution in [-0.4, -0.2) is 29.3 Å². The predicted molar refractivity (Wildman–Crippen MR) is 102 cm³/mol. The summed E-state index contributed by atoms with van der Waals surface area (Å²) in [5.74, 6) is 2.54. The summed E-state index contributed by atoms with van der Waals surface area (Å²) in [6.07, 6.45) is 4.54. The number of benzene rings is 1. The predicted octanol–water partition coefficient (Wildman–Crippen LogP) is 3.53. The third kappa shape index (κ3) is 3.54. The van der Waals surface area contributed by atoms with Gasteiger partial charge in [0.1, 0.15) is 5.01 Å². The minimum atomic E-state index is -0.436. The third-order valence-electron chi connectivity index (χ3n) is 4.92.